The maximum Gasteiger partial charge on any atom is 0.143 e. The Morgan fingerprint density at radius 3 is 2.63 bits per heavy atom. The number of imidazole rings is 1. The van der Waals surface area contributed by atoms with Crippen molar-refractivity contribution < 1.29 is 4.74 Å². The number of rotatable bonds is 5. The zero-order valence-electron chi connectivity index (χ0n) is 16.0. The molecule has 3 aromatic rings. The van der Waals surface area contributed by atoms with E-state index < -0.39 is 0 Å². The molecule has 0 bridgehead atoms. The maximum atomic E-state index is 6.04. The van der Waals surface area contributed by atoms with Gasteiger partial charge in [-0.25, -0.2) is 15.0 Å². The summed E-state index contributed by atoms with van der Waals surface area (Å²) in [6.07, 6.45) is 12.2. The molecule has 5 heteroatoms. The van der Waals surface area contributed by atoms with Crippen molar-refractivity contribution in [3.63, 3.8) is 0 Å². The minimum Gasteiger partial charge on any atom is -0.376 e. The highest BCUT2D eigenvalue weighted by molar-refractivity contribution is 5.52. The third-order valence-corrected chi connectivity index (χ3v) is 5.59. The fraction of sp³-hybridized carbons (Fsp3) is 0.409. The molecule has 0 saturated carbocycles. The van der Waals surface area contributed by atoms with E-state index >= 15 is 0 Å². The molecule has 1 atom stereocenters. The molecule has 1 saturated heterocycles. The van der Waals surface area contributed by atoms with Gasteiger partial charge in [0.15, 0.2) is 0 Å². The largest absolute Gasteiger partial charge is 0.376 e. The first-order valence-electron chi connectivity index (χ1n) is 9.54. The molecule has 1 aromatic carbocycles. The van der Waals surface area contributed by atoms with E-state index in [1.807, 2.05) is 24.8 Å². The monoisotopic (exact) mass is 362 g/mol. The van der Waals surface area contributed by atoms with Gasteiger partial charge in [-0.2, -0.15) is 0 Å². The second-order valence-electron chi connectivity index (χ2n) is 8.00. The minimum atomic E-state index is -0.112. The Bertz CT molecular complexity index is 876. The number of aryl methyl sites for hydroxylation is 1. The summed E-state index contributed by atoms with van der Waals surface area (Å²) in [4.78, 5) is 12.8. The molecule has 3 heterocycles. The van der Waals surface area contributed by atoms with Crippen LogP contribution in [0.5, 0.6) is 0 Å². The third-order valence-electron chi connectivity index (χ3n) is 5.59. The summed E-state index contributed by atoms with van der Waals surface area (Å²) in [5.41, 5.74) is 2.35. The summed E-state index contributed by atoms with van der Waals surface area (Å²) in [6.45, 7) is 6.10. The summed E-state index contributed by atoms with van der Waals surface area (Å²) >= 11 is 0. The number of hydrogen-bond donors (Lipinski definition) is 0. The molecule has 0 N–H and O–H groups in total. The average Bonchev–Trinajstić information content (AvgIpc) is 3.16. The lowest BCUT2D eigenvalue weighted by Crippen LogP contribution is -2.44. The van der Waals surface area contributed by atoms with Crippen molar-refractivity contribution in [2.75, 3.05) is 6.61 Å². The van der Waals surface area contributed by atoms with Crippen molar-refractivity contribution in [3.8, 4) is 11.4 Å². The molecule has 0 aliphatic carbocycles. The van der Waals surface area contributed by atoms with Gasteiger partial charge in [0.2, 0.25) is 0 Å². The highest BCUT2D eigenvalue weighted by atomic mass is 16.5. The highest BCUT2D eigenvalue weighted by Crippen LogP contribution is 2.44. The van der Waals surface area contributed by atoms with Gasteiger partial charge in [-0.15, -0.1) is 0 Å². The van der Waals surface area contributed by atoms with E-state index in [2.05, 4.69) is 63.7 Å². The second-order valence-corrected chi connectivity index (χ2v) is 8.00. The third kappa shape index (κ3) is 3.78. The first-order valence-corrected chi connectivity index (χ1v) is 9.54. The quantitative estimate of drug-likeness (QED) is 0.681. The Morgan fingerprint density at radius 2 is 1.89 bits per heavy atom. The van der Waals surface area contributed by atoms with Gasteiger partial charge in [-0.1, -0.05) is 30.3 Å². The van der Waals surface area contributed by atoms with E-state index in [0.29, 0.717) is 0 Å². The lowest BCUT2D eigenvalue weighted by molar-refractivity contribution is -0.0848. The SMILES string of the molecule is CC1(C)CC(CCn2ccnc2-c2cncnc2)(c2ccccc2)CCO1. The summed E-state index contributed by atoms with van der Waals surface area (Å²) in [5.74, 6) is 0.921. The number of ether oxygens (including phenoxy) is 1. The predicted octanol–water partition coefficient (Wildman–Crippen LogP) is 4.26. The summed E-state index contributed by atoms with van der Waals surface area (Å²) in [6, 6.07) is 10.9. The molecule has 0 radical (unpaired) electrons. The van der Waals surface area contributed by atoms with E-state index in [4.69, 9.17) is 4.74 Å². The average molecular weight is 362 g/mol. The van der Waals surface area contributed by atoms with Crippen molar-refractivity contribution in [1.29, 1.82) is 0 Å². The molecule has 140 valence electrons. The molecule has 1 unspecified atom stereocenters. The first kappa shape index (κ1) is 17.9. The Labute approximate surface area is 160 Å². The fourth-order valence-electron chi connectivity index (χ4n) is 4.37. The lowest BCUT2D eigenvalue weighted by Gasteiger charge is -2.45. The topological polar surface area (TPSA) is 52.8 Å². The van der Waals surface area contributed by atoms with Crippen molar-refractivity contribution in [2.24, 2.45) is 0 Å². The van der Waals surface area contributed by atoms with Crippen LogP contribution in [0.25, 0.3) is 11.4 Å². The van der Waals surface area contributed by atoms with Gasteiger partial charge in [-0.3, -0.25) is 0 Å². The molecule has 5 nitrogen and oxygen atoms in total. The molecule has 27 heavy (non-hydrogen) atoms. The molecular weight excluding hydrogens is 336 g/mol. The molecule has 0 amide bonds. The van der Waals surface area contributed by atoms with E-state index in [0.717, 1.165) is 43.8 Å². The van der Waals surface area contributed by atoms with Gasteiger partial charge in [0.25, 0.3) is 0 Å². The van der Waals surface area contributed by atoms with Crippen molar-refractivity contribution in [2.45, 2.75) is 50.7 Å². The van der Waals surface area contributed by atoms with E-state index in [9.17, 15) is 0 Å². The highest BCUT2D eigenvalue weighted by Gasteiger charge is 2.41. The first-order chi connectivity index (χ1) is 13.1. The van der Waals surface area contributed by atoms with Crippen LogP contribution in [0.15, 0.2) is 61.4 Å². The maximum absolute atomic E-state index is 6.04. The van der Waals surface area contributed by atoms with Crippen LogP contribution in [0.3, 0.4) is 0 Å². The number of benzene rings is 1. The summed E-state index contributed by atoms with van der Waals surface area (Å²) in [5, 5.41) is 0. The van der Waals surface area contributed by atoms with Crippen LogP contribution in [0.1, 0.15) is 38.7 Å². The Kier molecular flexibility index (Phi) is 4.79. The van der Waals surface area contributed by atoms with E-state index in [1.54, 1.807) is 6.33 Å². The lowest BCUT2D eigenvalue weighted by atomic mass is 9.67. The standard InChI is InChI=1S/C22H26N4O/c1-21(2)16-22(9-13-27-21,19-6-4-3-5-7-19)8-11-26-12-10-25-20(26)18-14-23-17-24-15-18/h3-7,10,12,14-15,17H,8-9,11,13,16H2,1-2H3. The molecular formula is C22H26N4O. The molecule has 1 aliphatic heterocycles. The molecule has 1 fully saturated rings. The van der Waals surface area contributed by atoms with Gasteiger partial charge >= 0.3 is 0 Å². The number of nitrogens with zero attached hydrogens (tertiary/aromatic N) is 4. The van der Waals surface area contributed by atoms with Gasteiger partial charge in [-0.05, 0) is 38.7 Å². The van der Waals surface area contributed by atoms with Crippen LogP contribution < -0.4 is 0 Å². The smallest absolute Gasteiger partial charge is 0.143 e. The number of hydrogen-bond acceptors (Lipinski definition) is 4. The molecule has 4 rings (SSSR count). The minimum absolute atomic E-state index is 0.109. The van der Waals surface area contributed by atoms with Crippen molar-refractivity contribution >= 4 is 0 Å². The molecule has 1 aliphatic rings. The van der Waals surface area contributed by atoms with E-state index in [1.165, 1.54) is 5.56 Å². The normalized spacial score (nSPS) is 21.9. The Morgan fingerprint density at radius 1 is 1.11 bits per heavy atom. The van der Waals surface area contributed by atoms with Gasteiger partial charge in [0.05, 0.1) is 11.2 Å². The Balaban J connectivity index is 1.62. The molecule has 0 spiro atoms. The van der Waals surface area contributed by atoms with Crippen LogP contribution in [0.2, 0.25) is 0 Å². The van der Waals surface area contributed by atoms with Crippen LogP contribution in [-0.2, 0) is 16.7 Å². The zero-order valence-corrected chi connectivity index (χ0v) is 16.0. The van der Waals surface area contributed by atoms with Crippen LogP contribution in [-0.4, -0.2) is 31.7 Å². The van der Waals surface area contributed by atoms with Gasteiger partial charge in [0, 0.05) is 43.4 Å². The molecule has 2 aromatic heterocycles. The van der Waals surface area contributed by atoms with Gasteiger partial charge in [0.1, 0.15) is 12.2 Å². The summed E-state index contributed by atoms with van der Waals surface area (Å²) in [7, 11) is 0. The fourth-order valence-corrected chi connectivity index (χ4v) is 4.37. The number of aromatic nitrogens is 4. The zero-order chi connectivity index (χ0) is 18.7. The predicted molar refractivity (Wildman–Crippen MR) is 105 cm³/mol. The van der Waals surface area contributed by atoms with Gasteiger partial charge < -0.3 is 9.30 Å². The van der Waals surface area contributed by atoms with Crippen molar-refractivity contribution in [3.05, 3.63) is 67.0 Å². The van der Waals surface area contributed by atoms with Crippen molar-refractivity contribution in [1.82, 2.24) is 19.5 Å². The Hall–Kier alpha value is -2.53. The van der Waals surface area contributed by atoms with Crippen LogP contribution in [0.4, 0.5) is 0 Å². The van der Waals surface area contributed by atoms with E-state index in [-0.39, 0.29) is 11.0 Å². The van der Waals surface area contributed by atoms with Crippen LogP contribution >= 0.6 is 0 Å². The summed E-state index contributed by atoms with van der Waals surface area (Å²) < 4.78 is 8.25. The second kappa shape index (κ2) is 7.24. The van der Waals surface area contributed by atoms with Crippen LogP contribution in [0, 0.1) is 0 Å².